The molecule has 5 heteroatoms. The van der Waals surface area contributed by atoms with Gasteiger partial charge in [0.15, 0.2) is 0 Å². The molecule has 20 heavy (non-hydrogen) atoms. The van der Waals surface area contributed by atoms with Crippen LogP contribution >= 0.6 is 0 Å². The molecular formula is C15H28N4O. The van der Waals surface area contributed by atoms with Gasteiger partial charge in [-0.1, -0.05) is 25.4 Å². The molecule has 0 radical (unpaired) electrons. The summed E-state index contributed by atoms with van der Waals surface area (Å²) in [7, 11) is 0. The summed E-state index contributed by atoms with van der Waals surface area (Å²) in [6, 6.07) is 1.41. The summed E-state index contributed by atoms with van der Waals surface area (Å²) in [5.74, 6) is 0.703. The molecule has 2 unspecified atom stereocenters. The molecule has 0 saturated carbocycles. The summed E-state index contributed by atoms with van der Waals surface area (Å²) in [5, 5.41) is 11.9. The van der Waals surface area contributed by atoms with E-state index in [4.69, 9.17) is 4.42 Å². The van der Waals surface area contributed by atoms with Crippen LogP contribution in [0, 0.1) is 0 Å². The average Bonchev–Trinajstić information content (AvgIpc) is 2.95. The summed E-state index contributed by atoms with van der Waals surface area (Å²) in [5.41, 5.74) is 0. The molecule has 1 aromatic rings. The number of nitrogens with one attached hydrogen (secondary N) is 1. The monoisotopic (exact) mass is 280 g/mol. The second kappa shape index (κ2) is 7.62. The van der Waals surface area contributed by atoms with E-state index in [-0.39, 0.29) is 6.04 Å². The van der Waals surface area contributed by atoms with Crippen molar-refractivity contribution < 1.29 is 4.42 Å². The Balaban J connectivity index is 2.02. The first-order valence-electron chi connectivity index (χ1n) is 8.09. The Labute approximate surface area is 122 Å². The summed E-state index contributed by atoms with van der Waals surface area (Å²) >= 11 is 0. The highest BCUT2D eigenvalue weighted by Gasteiger charge is 2.26. The fourth-order valence-electron chi connectivity index (χ4n) is 2.85. The molecule has 2 heterocycles. The lowest BCUT2D eigenvalue weighted by molar-refractivity contribution is 0.374. The molecule has 0 aliphatic carbocycles. The first-order valence-corrected chi connectivity index (χ1v) is 8.09. The molecule has 2 atom stereocenters. The highest BCUT2D eigenvalue weighted by atomic mass is 16.4. The predicted molar refractivity (Wildman–Crippen MR) is 80.9 cm³/mol. The van der Waals surface area contributed by atoms with Gasteiger partial charge < -0.3 is 14.6 Å². The van der Waals surface area contributed by atoms with Crippen LogP contribution in [0.4, 0.5) is 6.01 Å². The third-order valence-corrected chi connectivity index (χ3v) is 4.00. The molecule has 1 aliphatic heterocycles. The average molecular weight is 280 g/mol. The highest BCUT2D eigenvalue weighted by Crippen LogP contribution is 2.27. The van der Waals surface area contributed by atoms with Gasteiger partial charge in [0, 0.05) is 12.6 Å². The summed E-state index contributed by atoms with van der Waals surface area (Å²) in [6.07, 6.45) is 7.31. The van der Waals surface area contributed by atoms with Crippen molar-refractivity contribution >= 4 is 6.01 Å². The predicted octanol–water partition coefficient (Wildman–Crippen LogP) is 3.29. The third-order valence-electron chi connectivity index (χ3n) is 4.00. The molecule has 5 nitrogen and oxygen atoms in total. The fourth-order valence-corrected chi connectivity index (χ4v) is 2.85. The van der Waals surface area contributed by atoms with Crippen molar-refractivity contribution in [1.29, 1.82) is 0 Å². The molecule has 1 aromatic heterocycles. The Kier molecular flexibility index (Phi) is 5.83. The Morgan fingerprint density at radius 1 is 1.30 bits per heavy atom. The minimum atomic E-state index is 0.130. The van der Waals surface area contributed by atoms with Crippen molar-refractivity contribution in [2.24, 2.45) is 0 Å². The highest BCUT2D eigenvalue weighted by molar-refractivity contribution is 5.27. The van der Waals surface area contributed by atoms with Gasteiger partial charge >= 0.3 is 6.01 Å². The quantitative estimate of drug-likeness (QED) is 0.830. The number of piperidine rings is 1. The van der Waals surface area contributed by atoms with E-state index in [0.717, 1.165) is 19.5 Å². The molecule has 1 aliphatic rings. The van der Waals surface area contributed by atoms with E-state index in [1.54, 1.807) is 0 Å². The van der Waals surface area contributed by atoms with Gasteiger partial charge in [-0.3, -0.25) is 0 Å². The topological polar surface area (TPSA) is 54.2 Å². The lowest BCUT2D eigenvalue weighted by Crippen LogP contribution is -2.39. The maximum atomic E-state index is 5.90. The van der Waals surface area contributed by atoms with Gasteiger partial charge in [-0.05, 0) is 45.6 Å². The van der Waals surface area contributed by atoms with Gasteiger partial charge in [0.1, 0.15) is 0 Å². The van der Waals surface area contributed by atoms with Gasteiger partial charge in [0.25, 0.3) is 0 Å². The third kappa shape index (κ3) is 3.72. The molecular weight excluding hydrogens is 252 g/mol. The van der Waals surface area contributed by atoms with E-state index < -0.39 is 0 Å². The number of rotatable bonds is 7. The molecule has 1 fully saturated rings. The van der Waals surface area contributed by atoms with Gasteiger partial charge in [-0.25, -0.2) is 0 Å². The number of anilines is 1. The standard InChI is InChI=1S/C15H28N4O/c1-4-8-13-9-6-7-11-19(13)15-18-17-14(20-15)12(3)16-10-5-2/h12-13,16H,4-11H2,1-3H3. The normalized spacial score (nSPS) is 21.1. The maximum absolute atomic E-state index is 5.90. The van der Waals surface area contributed by atoms with E-state index in [0.29, 0.717) is 17.9 Å². The maximum Gasteiger partial charge on any atom is 0.318 e. The van der Waals surface area contributed by atoms with Gasteiger partial charge in [0.05, 0.1) is 6.04 Å². The zero-order valence-electron chi connectivity index (χ0n) is 13.1. The van der Waals surface area contributed by atoms with Crippen LogP contribution < -0.4 is 10.2 Å². The molecule has 2 rings (SSSR count). The molecule has 114 valence electrons. The lowest BCUT2D eigenvalue weighted by Gasteiger charge is -2.34. The summed E-state index contributed by atoms with van der Waals surface area (Å²) < 4.78 is 5.90. The molecule has 0 bridgehead atoms. The summed E-state index contributed by atoms with van der Waals surface area (Å²) in [6.45, 7) is 8.49. The summed E-state index contributed by atoms with van der Waals surface area (Å²) in [4.78, 5) is 2.32. The van der Waals surface area contributed by atoms with E-state index in [2.05, 4.69) is 41.2 Å². The van der Waals surface area contributed by atoms with Crippen LogP contribution in [0.2, 0.25) is 0 Å². The zero-order chi connectivity index (χ0) is 14.4. The smallest absolute Gasteiger partial charge is 0.318 e. The van der Waals surface area contributed by atoms with Crippen molar-refractivity contribution in [1.82, 2.24) is 15.5 Å². The fraction of sp³-hybridized carbons (Fsp3) is 0.867. The Morgan fingerprint density at radius 3 is 2.90 bits per heavy atom. The Morgan fingerprint density at radius 2 is 2.15 bits per heavy atom. The van der Waals surface area contributed by atoms with E-state index in [1.165, 1.54) is 32.1 Å². The van der Waals surface area contributed by atoms with Crippen molar-refractivity contribution in [3.8, 4) is 0 Å². The number of hydrogen-bond acceptors (Lipinski definition) is 5. The first-order chi connectivity index (χ1) is 9.76. The molecule has 1 saturated heterocycles. The van der Waals surface area contributed by atoms with Crippen LogP contribution in [0.5, 0.6) is 0 Å². The second-order valence-electron chi connectivity index (χ2n) is 5.73. The van der Waals surface area contributed by atoms with Gasteiger partial charge in [0.2, 0.25) is 5.89 Å². The van der Waals surface area contributed by atoms with E-state index in [9.17, 15) is 0 Å². The van der Waals surface area contributed by atoms with Crippen molar-refractivity contribution in [2.75, 3.05) is 18.0 Å². The molecule has 0 spiro atoms. The molecule has 0 aromatic carbocycles. The van der Waals surface area contributed by atoms with Crippen LogP contribution in [-0.2, 0) is 0 Å². The van der Waals surface area contributed by atoms with Crippen molar-refractivity contribution in [3.05, 3.63) is 5.89 Å². The van der Waals surface area contributed by atoms with E-state index in [1.807, 2.05) is 0 Å². The first kappa shape index (κ1) is 15.3. The van der Waals surface area contributed by atoms with Crippen LogP contribution in [0.3, 0.4) is 0 Å². The SMILES string of the molecule is CCCNC(C)c1nnc(N2CCCCC2CCC)o1. The number of hydrogen-bond donors (Lipinski definition) is 1. The molecule has 0 amide bonds. The van der Waals surface area contributed by atoms with Crippen LogP contribution in [0.1, 0.15) is 71.2 Å². The van der Waals surface area contributed by atoms with Crippen LogP contribution in [0.15, 0.2) is 4.42 Å². The van der Waals surface area contributed by atoms with E-state index >= 15 is 0 Å². The largest absolute Gasteiger partial charge is 0.406 e. The minimum Gasteiger partial charge on any atom is -0.406 e. The van der Waals surface area contributed by atoms with Crippen molar-refractivity contribution in [2.45, 2.75) is 71.4 Å². The zero-order valence-corrected chi connectivity index (χ0v) is 13.1. The van der Waals surface area contributed by atoms with Gasteiger partial charge in [-0.15, -0.1) is 5.10 Å². The lowest BCUT2D eigenvalue weighted by atomic mass is 9.99. The minimum absolute atomic E-state index is 0.130. The van der Waals surface area contributed by atoms with Crippen molar-refractivity contribution in [3.63, 3.8) is 0 Å². The Bertz CT molecular complexity index is 391. The van der Waals surface area contributed by atoms with Gasteiger partial charge in [-0.2, -0.15) is 0 Å². The second-order valence-corrected chi connectivity index (χ2v) is 5.73. The molecule has 1 N–H and O–H groups in total. The number of aromatic nitrogens is 2. The van der Waals surface area contributed by atoms with Crippen LogP contribution in [0.25, 0.3) is 0 Å². The number of nitrogens with zero attached hydrogens (tertiary/aromatic N) is 3. The Hall–Kier alpha value is -1.10. The van der Waals surface area contributed by atoms with Crippen LogP contribution in [-0.4, -0.2) is 29.3 Å².